The monoisotopic (exact) mass is 769 g/mol. The molecule has 0 amide bonds. The molecule has 1 aromatic heterocycles. The van der Waals surface area contributed by atoms with Crippen LogP contribution in [0.3, 0.4) is 0 Å². The first-order valence-electron chi connectivity index (χ1n) is 17.2. The molecule has 15 heteroatoms. The van der Waals surface area contributed by atoms with Gasteiger partial charge in [-0.3, -0.25) is 4.57 Å². The van der Waals surface area contributed by atoms with Gasteiger partial charge in [0, 0.05) is 19.2 Å². The summed E-state index contributed by atoms with van der Waals surface area (Å²) in [5, 5.41) is 24.3. The van der Waals surface area contributed by atoms with Crippen molar-refractivity contribution in [1.82, 2.24) is 4.57 Å². The van der Waals surface area contributed by atoms with E-state index >= 15 is 0 Å². The number of carbonyl (C=O) groups excluding carboxylic acids is 4. The molecule has 56 heavy (non-hydrogen) atoms. The fraction of sp³-hybridized carbons (Fsp3) is 0.220. The molecular formula is C41H39NO14. The first-order chi connectivity index (χ1) is 27.1. The maximum Gasteiger partial charge on any atom is 0.343 e. The molecule has 1 heterocycles. The van der Waals surface area contributed by atoms with Gasteiger partial charge < -0.3 is 48.1 Å². The molecule has 15 nitrogen and oxygen atoms in total. The van der Waals surface area contributed by atoms with Crippen LogP contribution in [0.4, 0.5) is 0 Å². The third kappa shape index (κ3) is 10.6. The van der Waals surface area contributed by atoms with Crippen molar-refractivity contribution < 1.29 is 67.3 Å². The predicted molar refractivity (Wildman–Crippen MR) is 201 cm³/mol. The minimum atomic E-state index is -0.884. The Morgan fingerprint density at radius 2 is 0.929 bits per heavy atom. The van der Waals surface area contributed by atoms with Gasteiger partial charge in [0.05, 0.1) is 37.6 Å². The Hall–Kier alpha value is -6.84. The number of benzene rings is 4. The molecule has 4 aromatic carbocycles. The Labute approximate surface area is 320 Å². The van der Waals surface area contributed by atoms with E-state index in [1.807, 2.05) is 0 Å². The van der Waals surface area contributed by atoms with Crippen molar-refractivity contribution in [2.45, 2.75) is 0 Å². The molecule has 0 spiro atoms. The average molecular weight is 770 g/mol. The zero-order valence-electron chi connectivity index (χ0n) is 30.4. The second kappa shape index (κ2) is 19.5. The summed E-state index contributed by atoms with van der Waals surface area (Å²) in [7, 11) is 1.30. The van der Waals surface area contributed by atoms with E-state index in [4.69, 9.17) is 37.9 Å². The summed E-state index contributed by atoms with van der Waals surface area (Å²) in [6, 6.07) is 20.0. The highest BCUT2D eigenvalue weighted by Gasteiger charge is 2.29. The molecule has 292 valence electrons. The summed E-state index contributed by atoms with van der Waals surface area (Å²) in [4.78, 5) is 48.6. The molecule has 0 aliphatic carbocycles. The van der Waals surface area contributed by atoms with Crippen LogP contribution in [-0.2, 0) is 35.6 Å². The van der Waals surface area contributed by atoms with Crippen molar-refractivity contribution >= 4 is 45.4 Å². The van der Waals surface area contributed by atoms with Crippen LogP contribution in [-0.4, -0.2) is 91.5 Å². The molecule has 0 unspecified atom stereocenters. The lowest BCUT2D eigenvalue weighted by atomic mass is 10.1. The third-order valence-corrected chi connectivity index (χ3v) is 8.00. The number of aromatic hydroxyl groups is 2. The van der Waals surface area contributed by atoms with E-state index in [1.165, 1.54) is 19.2 Å². The molecule has 0 aliphatic heterocycles. The van der Waals surface area contributed by atoms with E-state index in [9.17, 15) is 29.4 Å². The van der Waals surface area contributed by atoms with Crippen LogP contribution in [0, 0.1) is 0 Å². The van der Waals surface area contributed by atoms with Crippen LogP contribution in [0.25, 0.3) is 21.5 Å². The molecule has 0 atom stereocenters. The number of hydrogen-bond donors (Lipinski definition) is 2. The van der Waals surface area contributed by atoms with E-state index < -0.39 is 47.1 Å². The van der Waals surface area contributed by atoms with Gasteiger partial charge in [0.2, 0.25) is 23.3 Å². The number of ether oxygens (including phenoxy) is 8. The Balaban J connectivity index is 1.17. The first kappa shape index (κ1) is 40.3. The average Bonchev–Trinajstić information content (AvgIpc) is 3.40. The molecule has 5 rings (SSSR count). The van der Waals surface area contributed by atoms with Crippen molar-refractivity contribution in [2.24, 2.45) is 7.05 Å². The highest BCUT2D eigenvalue weighted by Crippen LogP contribution is 2.47. The number of rotatable bonds is 20. The lowest BCUT2D eigenvalue weighted by molar-refractivity contribution is -0.140. The van der Waals surface area contributed by atoms with E-state index in [-0.39, 0.29) is 64.0 Å². The molecule has 5 aromatic rings. The summed E-state index contributed by atoms with van der Waals surface area (Å²) < 4.78 is 43.7. The number of nitrogens with zero attached hydrogens (tertiary/aromatic N) is 1. The molecule has 2 N–H and O–H groups in total. The molecule has 0 aliphatic rings. The zero-order valence-corrected chi connectivity index (χ0v) is 30.4. The molecule has 0 radical (unpaired) electrons. The zero-order chi connectivity index (χ0) is 40.0. The Morgan fingerprint density at radius 1 is 0.554 bits per heavy atom. The van der Waals surface area contributed by atoms with E-state index in [1.54, 1.807) is 60.7 Å². The topological polar surface area (TPSA) is 188 Å². The van der Waals surface area contributed by atoms with Gasteiger partial charge in [-0.15, -0.1) is 0 Å². The van der Waals surface area contributed by atoms with Gasteiger partial charge in [0.1, 0.15) is 37.9 Å². The van der Waals surface area contributed by atoms with Crippen LogP contribution >= 0.6 is 0 Å². The van der Waals surface area contributed by atoms with Gasteiger partial charge in [-0.2, -0.15) is 0 Å². The lowest BCUT2D eigenvalue weighted by Gasteiger charge is -2.10. The molecule has 0 saturated carbocycles. The van der Waals surface area contributed by atoms with Crippen molar-refractivity contribution in [3.05, 3.63) is 109 Å². The Bertz CT molecular complexity index is 2090. The van der Waals surface area contributed by atoms with Crippen LogP contribution < -0.4 is 18.9 Å². The maximum atomic E-state index is 13.3. The first-order valence-corrected chi connectivity index (χ1v) is 17.2. The van der Waals surface area contributed by atoms with E-state index in [2.05, 4.69) is 13.2 Å². The van der Waals surface area contributed by atoms with E-state index in [0.717, 1.165) is 27.5 Å². The Morgan fingerprint density at radius 3 is 1.34 bits per heavy atom. The molecular weight excluding hydrogens is 730 g/mol. The van der Waals surface area contributed by atoms with Gasteiger partial charge in [0.15, 0.2) is 0 Å². The largest absolute Gasteiger partial charge is 0.492 e. The standard InChI is InChI=1S/C41H39NO14/c1-4-34(43)53-20-16-49-14-18-51-32-12-10-26-22-30(8-6-28(26)24-32)40(47)55-36-37(39(46)42(3)38(36)45)56-41(48)31-9-7-29-25-33(13-11-27(29)23-31)52-19-15-50-17-21-54-35(44)5-2/h4-13,22-25,45-46H,1-2,14-21H2,3H3. The normalized spacial score (nSPS) is 10.8. The van der Waals surface area contributed by atoms with Crippen molar-refractivity contribution in [3.63, 3.8) is 0 Å². The summed E-state index contributed by atoms with van der Waals surface area (Å²) in [6.45, 7) is 8.32. The van der Waals surface area contributed by atoms with Gasteiger partial charge in [-0.1, -0.05) is 37.4 Å². The van der Waals surface area contributed by atoms with Crippen LogP contribution in [0.1, 0.15) is 20.7 Å². The van der Waals surface area contributed by atoms with Crippen LogP contribution in [0.15, 0.2) is 98.1 Å². The van der Waals surface area contributed by atoms with Crippen molar-refractivity contribution in [3.8, 4) is 34.8 Å². The SMILES string of the molecule is C=CC(=O)OCCOCCOc1ccc2cc(C(=O)Oc3c(OC(=O)c4ccc5cc(OCCOCCOC(=O)C=C)ccc5c4)c(O)n(C)c3O)ccc2c1. The van der Waals surface area contributed by atoms with E-state index in [0.29, 0.717) is 22.3 Å². The second-order valence-corrected chi connectivity index (χ2v) is 11.8. The van der Waals surface area contributed by atoms with Gasteiger partial charge >= 0.3 is 23.9 Å². The third-order valence-electron chi connectivity index (χ3n) is 8.00. The summed E-state index contributed by atoms with van der Waals surface area (Å²) in [6.07, 6.45) is 2.15. The lowest BCUT2D eigenvalue weighted by Crippen LogP contribution is -2.12. The number of aromatic nitrogens is 1. The fourth-order valence-electron chi connectivity index (χ4n) is 5.14. The summed E-state index contributed by atoms with van der Waals surface area (Å²) >= 11 is 0. The smallest absolute Gasteiger partial charge is 0.343 e. The fourth-order valence-corrected chi connectivity index (χ4v) is 5.14. The molecule has 0 saturated heterocycles. The number of esters is 4. The molecule has 0 bridgehead atoms. The number of fused-ring (bicyclic) bond motifs is 2. The minimum Gasteiger partial charge on any atom is -0.492 e. The maximum absolute atomic E-state index is 13.3. The highest BCUT2D eigenvalue weighted by molar-refractivity contribution is 5.99. The summed E-state index contributed by atoms with van der Waals surface area (Å²) in [5.41, 5.74) is 0.238. The number of hydrogen-bond acceptors (Lipinski definition) is 14. The van der Waals surface area contributed by atoms with Crippen LogP contribution in [0.2, 0.25) is 0 Å². The summed E-state index contributed by atoms with van der Waals surface area (Å²) in [5.74, 6) is -4.05. The number of carbonyl (C=O) groups is 4. The van der Waals surface area contributed by atoms with Crippen molar-refractivity contribution in [1.29, 1.82) is 0 Å². The van der Waals surface area contributed by atoms with Crippen LogP contribution in [0.5, 0.6) is 34.8 Å². The highest BCUT2D eigenvalue weighted by atomic mass is 16.6. The second-order valence-electron chi connectivity index (χ2n) is 11.8. The quantitative estimate of drug-likeness (QED) is 0.0580. The molecule has 0 fully saturated rings. The van der Waals surface area contributed by atoms with Gasteiger partial charge in [-0.05, 0) is 70.1 Å². The Kier molecular flexibility index (Phi) is 14.0. The predicted octanol–water partition coefficient (Wildman–Crippen LogP) is 5.43. The van der Waals surface area contributed by atoms with Gasteiger partial charge in [0.25, 0.3) is 0 Å². The minimum absolute atomic E-state index is 0.105. The van der Waals surface area contributed by atoms with Gasteiger partial charge in [-0.25, -0.2) is 19.2 Å². The van der Waals surface area contributed by atoms with Crippen molar-refractivity contribution in [2.75, 3.05) is 52.9 Å².